The molecule has 0 amide bonds. The molecular weight excluding hydrogens is 234 g/mol. The Morgan fingerprint density at radius 1 is 1.29 bits per heavy atom. The number of hydrogen-bond donors (Lipinski definition) is 1. The van der Waals surface area contributed by atoms with E-state index in [1.54, 1.807) is 0 Å². The van der Waals surface area contributed by atoms with Crippen molar-refractivity contribution in [3.63, 3.8) is 0 Å². The SMILES string of the molecule is NCCc1ccc(OCC2CCCC2)c(Cl)c1. The molecule has 1 aromatic carbocycles. The van der Waals surface area contributed by atoms with E-state index < -0.39 is 0 Å². The molecule has 1 fully saturated rings. The summed E-state index contributed by atoms with van der Waals surface area (Å²) in [7, 11) is 0. The quantitative estimate of drug-likeness (QED) is 0.873. The van der Waals surface area contributed by atoms with Crippen molar-refractivity contribution < 1.29 is 4.74 Å². The van der Waals surface area contributed by atoms with Gasteiger partial charge in [0.25, 0.3) is 0 Å². The van der Waals surface area contributed by atoms with Gasteiger partial charge in [-0.3, -0.25) is 0 Å². The van der Waals surface area contributed by atoms with Crippen LogP contribution in [0, 0.1) is 5.92 Å². The maximum atomic E-state index is 6.18. The summed E-state index contributed by atoms with van der Waals surface area (Å²) in [6, 6.07) is 5.96. The third kappa shape index (κ3) is 3.62. The lowest BCUT2D eigenvalue weighted by Crippen LogP contribution is -2.08. The average Bonchev–Trinajstić information content (AvgIpc) is 2.81. The lowest BCUT2D eigenvalue weighted by atomic mass is 10.1. The van der Waals surface area contributed by atoms with Crippen LogP contribution in [0.3, 0.4) is 0 Å². The van der Waals surface area contributed by atoms with Crippen LogP contribution in [0.5, 0.6) is 5.75 Å². The molecule has 0 aromatic heterocycles. The molecular formula is C14H20ClNO. The van der Waals surface area contributed by atoms with E-state index in [1.165, 1.54) is 31.2 Å². The summed E-state index contributed by atoms with van der Waals surface area (Å²) in [5.74, 6) is 1.52. The summed E-state index contributed by atoms with van der Waals surface area (Å²) in [6.07, 6.45) is 6.14. The summed E-state index contributed by atoms with van der Waals surface area (Å²) >= 11 is 6.18. The highest BCUT2D eigenvalue weighted by Crippen LogP contribution is 2.29. The topological polar surface area (TPSA) is 35.2 Å². The minimum absolute atomic E-state index is 0.651. The van der Waals surface area contributed by atoms with Crippen molar-refractivity contribution >= 4 is 11.6 Å². The molecule has 0 spiro atoms. The first-order valence-electron chi connectivity index (χ1n) is 6.41. The first-order chi connectivity index (χ1) is 8.29. The minimum Gasteiger partial charge on any atom is -0.492 e. The van der Waals surface area contributed by atoms with Gasteiger partial charge in [0, 0.05) is 0 Å². The van der Waals surface area contributed by atoms with Gasteiger partial charge in [-0.25, -0.2) is 0 Å². The highest BCUT2D eigenvalue weighted by atomic mass is 35.5. The van der Waals surface area contributed by atoms with Gasteiger partial charge in [-0.15, -0.1) is 0 Å². The maximum absolute atomic E-state index is 6.18. The molecule has 1 aliphatic carbocycles. The van der Waals surface area contributed by atoms with Crippen molar-refractivity contribution in [2.45, 2.75) is 32.1 Å². The third-order valence-electron chi connectivity index (χ3n) is 3.38. The van der Waals surface area contributed by atoms with Gasteiger partial charge in [-0.05, 0) is 49.4 Å². The number of rotatable bonds is 5. The summed E-state index contributed by atoms with van der Waals surface area (Å²) in [6.45, 7) is 1.45. The van der Waals surface area contributed by atoms with Crippen LogP contribution in [0.1, 0.15) is 31.2 Å². The van der Waals surface area contributed by atoms with Gasteiger partial charge in [-0.2, -0.15) is 0 Å². The Morgan fingerprint density at radius 3 is 2.71 bits per heavy atom. The fourth-order valence-electron chi connectivity index (χ4n) is 2.37. The predicted octanol–water partition coefficient (Wildman–Crippen LogP) is 3.41. The summed E-state index contributed by atoms with van der Waals surface area (Å²) in [5.41, 5.74) is 6.69. The van der Waals surface area contributed by atoms with Crippen molar-refractivity contribution in [2.75, 3.05) is 13.2 Å². The van der Waals surface area contributed by atoms with Crippen LogP contribution < -0.4 is 10.5 Å². The monoisotopic (exact) mass is 253 g/mol. The molecule has 0 atom stereocenters. The second-order valence-electron chi connectivity index (χ2n) is 4.76. The van der Waals surface area contributed by atoms with Crippen LogP contribution >= 0.6 is 11.6 Å². The van der Waals surface area contributed by atoms with E-state index >= 15 is 0 Å². The van der Waals surface area contributed by atoms with E-state index in [-0.39, 0.29) is 0 Å². The van der Waals surface area contributed by atoms with E-state index in [0.29, 0.717) is 11.6 Å². The lowest BCUT2D eigenvalue weighted by Gasteiger charge is -2.13. The van der Waals surface area contributed by atoms with Gasteiger partial charge >= 0.3 is 0 Å². The first-order valence-corrected chi connectivity index (χ1v) is 6.78. The number of halogens is 1. The molecule has 0 saturated heterocycles. The van der Waals surface area contributed by atoms with Crippen molar-refractivity contribution in [3.05, 3.63) is 28.8 Å². The van der Waals surface area contributed by atoms with Crippen LogP contribution in [0.15, 0.2) is 18.2 Å². The summed E-state index contributed by atoms with van der Waals surface area (Å²) < 4.78 is 5.79. The van der Waals surface area contributed by atoms with Gasteiger partial charge < -0.3 is 10.5 Å². The van der Waals surface area contributed by atoms with Gasteiger partial charge in [0.05, 0.1) is 11.6 Å². The van der Waals surface area contributed by atoms with E-state index in [0.717, 1.165) is 24.7 Å². The molecule has 94 valence electrons. The Bertz CT molecular complexity index is 361. The standard InChI is InChI=1S/C14H20ClNO/c15-13-9-11(7-8-16)5-6-14(13)17-10-12-3-1-2-4-12/h5-6,9,12H,1-4,7-8,10,16H2. The average molecular weight is 254 g/mol. The normalized spacial score (nSPS) is 16.4. The lowest BCUT2D eigenvalue weighted by molar-refractivity contribution is 0.252. The number of nitrogens with two attached hydrogens (primary N) is 1. The summed E-state index contributed by atoms with van der Waals surface area (Å²) in [4.78, 5) is 0. The second kappa shape index (κ2) is 6.27. The Hall–Kier alpha value is -0.730. The zero-order valence-corrected chi connectivity index (χ0v) is 10.9. The summed E-state index contributed by atoms with van der Waals surface area (Å²) in [5, 5.41) is 0.703. The predicted molar refractivity (Wildman–Crippen MR) is 71.7 cm³/mol. The van der Waals surface area contributed by atoms with E-state index in [2.05, 4.69) is 0 Å². The fraction of sp³-hybridized carbons (Fsp3) is 0.571. The molecule has 2 nitrogen and oxygen atoms in total. The molecule has 2 rings (SSSR count). The molecule has 0 radical (unpaired) electrons. The largest absolute Gasteiger partial charge is 0.492 e. The molecule has 0 unspecified atom stereocenters. The van der Waals surface area contributed by atoms with Crippen LogP contribution in [-0.2, 0) is 6.42 Å². The van der Waals surface area contributed by atoms with E-state index in [9.17, 15) is 0 Å². The Morgan fingerprint density at radius 2 is 2.06 bits per heavy atom. The smallest absolute Gasteiger partial charge is 0.137 e. The molecule has 1 saturated carbocycles. The van der Waals surface area contributed by atoms with Crippen molar-refractivity contribution in [1.29, 1.82) is 0 Å². The molecule has 1 aliphatic rings. The molecule has 0 bridgehead atoms. The molecule has 2 N–H and O–H groups in total. The van der Waals surface area contributed by atoms with Crippen molar-refractivity contribution in [1.82, 2.24) is 0 Å². The van der Waals surface area contributed by atoms with Crippen LogP contribution in [-0.4, -0.2) is 13.2 Å². The van der Waals surface area contributed by atoms with Crippen molar-refractivity contribution in [3.8, 4) is 5.75 Å². The third-order valence-corrected chi connectivity index (χ3v) is 3.67. The van der Waals surface area contributed by atoms with Crippen molar-refractivity contribution in [2.24, 2.45) is 11.7 Å². The molecule has 17 heavy (non-hydrogen) atoms. The Balaban J connectivity index is 1.91. The van der Waals surface area contributed by atoms with Crippen LogP contribution in [0.4, 0.5) is 0 Å². The fourth-order valence-corrected chi connectivity index (χ4v) is 2.63. The number of ether oxygens (including phenoxy) is 1. The van der Waals surface area contributed by atoms with Gasteiger partial charge in [0.1, 0.15) is 5.75 Å². The van der Waals surface area contributed by atoms with E-state index in [1.807, 2.05) is 18.2 Å². The first kappa shape index (κ1) is 12.7. The minimum atomic E-state index is 0.651. The number of benzene rings is 1. The highest BCUT2D eigenvalue weighted by molar-refractivity contribution is 6.32. The number of hydrogen-bond acceptors (Lipinski definition) is 2. The second-order valence-corrected chi connectivity index (χ2v) is 5.17. The van der Waals surface area contributed by atoms with Gasteiger partial charge in [-0.1, -0.05) is 30.5 Å². The highest BCUT2D eigenvalue weighted by Gasteiger charge is 2.16. The maximum Gasteiger partial charge on any atom is 0.137 e. The zero-order valence-electron chi connectivity index (χ0n) is 10.1. The molecule has 0 heterocycles. The Kier molecular flexibility index (Phi) is 4.69. The zero-order chi connectivity index (χ0) is 12.1. The van der Waals surface area contributed by atoms with Crippen LogP contribution in [0.2, 0.25) is 5.02 Å². The molecule has 3 heteroatoms. The molecule has 1 aromatic rings. The molecule has 0 aliphatic heterocycles. The van der Waals surface area contributed by atoms with Gasteiger partial charge in [0.15, 0.2) is 0 Å². The van der Waals surface area contributed by atoms with E-state index in [4.69, 9.17) is 22.1 Å². The Labute approximate surface area is 108 Å². The van der Waals surface area contributed by atoms with Gasteiger partial charge in [0.2, 0.25) is 0 Å². The van der Waals surface area contributed by atoms with Crippen LogP contribution in [0.25, 0.3) is 0 Å².